The van der Waals surface area contributed by atoms with Crippen LogP contribution in [0.15, 0.2) is 22.7 Å². The van der Waals surface area contributed by atoms with Gasteiger partial charge in [0.2, 0.25) is 11.0 Å². The van der Waals surface area contributed by atoms with Crippen LogP contribution in [0.1, 0.15) is 24.3 Å². The minimum atomic E-state index is -0.309. The fourth-order valence-corrected chi connectivity index (χ4v) is 3.71. The average Bonchev–Trinajstić information content (AvgIpc) is 3.34. The third-order valence-electron chi connectivity index (χ3n) is 4.37. The Morgan fingerprint density at radius 2 is 2.15 bits per heavy atom. The van der Waals surface area contributed by atoms with Crippen LogP contribution < -0.4 is 9.64 Å². The standard InChI is InChI=1S/C17H18FN5O3S/c1-10-2-3-11(18)8-13(10)25-12-4-6-23(7-5-12)17-21-20-16(27-17)15-19-14(9-24)26-22-15/h2-3,8,12,24H,4-7,9H2,1H3. The third-order valence-corrected chi connectivity index (χ3v) is 5.35. The number of aliphatic hydroxyl groups excluding tert-OH is 1. The predicted octanol–water partition coefficient (Wildman–Crippen LogP) is 2.58. The second-order valence-electron chi connectivity index (χ2n) is 6.27. The van der Waals surface area contributed by atoms with Crippen molar-refractivity contribution in [1.82, 2.24) is 20.3 Å². The molecule has 0 atom stereocenters. The number of benzene rings is 1. The van der Waals surface area contributed by atoms with Gasteiger partial charge in [-0.05, 0) is 18.6 Å². The number of hydrogen-bond donors (Lipinski definition) is 1. The van der Waals surface area contributed by atoms with Crippen molar-refractivity contribution in [3.8, 4) is 16.6 Å². The van der Waals surface area contributed by atoms with Gasteiger partial charge in [-0.2, -0.15) is 4.98 Å². The third kappa shape index (κ3) is 3.91. The van der Waals surface area contributed by atoms with E-state index in [0.29, 0.717) is 16.6 Å². The highest BCUT2D eigenvalue weighted by molar-refractivity contribution is 7.18. The molecule has 1 aliphatic heterocycles. The van der Waals surface area contributed by atoms with Crippen molar-refractivity contribution in [2.24, 2.45) is 0 Å². The molecule has 1 aromatic carbocycles. The second-order valence-corrected chi connectivity index (χ2v) is 7.23. The molecule has 4 rings (SSSR count). The molecule has 1 saturated heterocycles. The van der Waals surface area contributed by atoms with Gasteiger partial charge in [-0.25, -0.2) is 4.39 Å². The number of rotatable bonds is 5. The van der Waals surface area contributed by atoms with Gasteiger partial charge in [-0.15, -0.1) is 10.2 Å². The number of aliphatic hydroxyl groups is 1. The highest BCUT2D eigenvalue weighted by Crippen LogP contribution is 2.30. The Balaban J connectivity index is 1.37. The van der Waals surface area contributed by atoms with E-state index < -0.39 is 0 Å². The molecule has 0 unspecified atom stereocenters. The maximum absolute atomic E-state index is 13.4. The molecule has 142 valence electrons. The largest absolute Gasteiger partial charge is 0.490 e. The first-order valence-electron chi connectivity index (χ1n) is 8.57. The molecule has 0 spiro atoms. The number of aryl methyl sites for hydroxylation is 1. The lowest BCUT2D eigenvalue weighted by Gasteiger charge is -2.31. The fraction of sp³-hybridized carbons (Fsp3) is 0.412. The monoisotopic (exact) mass is 391 g/mol. The van der Waals surface area contributed by atoms with Crippen molar-refractivity contribution in [2.75, 3.05) is 18.0 Å². The molecule has 2 aromatic heterocycles. The number of nitrogens with zero attached hydrogens (tertiary/aromatic N) is 5. The van der Waals surface area contributed by atoms with E-state index in [2.05, 4.69) is 25.2 Å². The molecule has 1 N–H and O–H groups in total. The van der Waals surface area contributed by atoms with Crippen LogP contribution in [0.2, 0.25) is 0 Å². The Morgan fingerprint density at radius 1 is 1.33 bits per heavy atom. The fourth-order valence-electron chi connectivity index (χ4n) is 2.88. The van der Waals surface area contributed by atoms with Gasteiger partial charge in [0.25, 0.3) is 5.89 Å². The Hall–Kier alpha value is -2.59. The van der Waals surface area contributed by atoms with Crippen LogP contribution >= 0.6 is 11.3 Å². The zero-order valence-corrected chi connectivity index (χ0v) is 15.4. The zero-order valence-electron chi connectivity index (χ0n) is 14.6. The van der Waals surface area contributed by atoms with Gasteiger partial charge in [0.05, 0.1) is 0 Å². The van der Waals surface area contributed by atoms with E-state index in [1.165, 1.54) is 23.5 Å². The van der Waals surface area contributed by atoms with Crippen molar-refractivity contribution < 1.29 is 18.8 Å². The minimum absolute atomic E-state index is 0.0402. The van der Waals surface area contributed by atoms with Crippen LogP contribution in [-0.2, 0) is 6.61 Å². The summed E-state index contributed by atoms with van der Waals surface area (Å²) < 4.78 is 24.3. The van der Waals surface area contributed by atoms with Crippen molar-refractivity contribution >= 4 is 16.5 Å². The second kappa shape index (κ2) is 7.57. The quantitative estimate of drug-likeness (QED) is 0.709. The maximum Gasteiger partial charge on any atom is 0.252 e. The van der Waals surface area contributed by atoms with Crippen LogP contribution in [0.3, 0.4) is 0 Å². The Morgan fingerprint density at radius 3 is 2.89 bits per heavy atom. The summed E-state index contributed by atoms with van der Waals surface area (Å²) in [6, 6.07) is 4.60. The molecule has 0 aliphatic carbocycles. The smallest absolute Gasteiger partial charge is 0.252 e. The number of anilines is 1. The van der Waals surface area contributed by atoms with Crippen LogP contribution in [0.4, 0.5) is 9.52 Å². The van der Waals surface area contributed by atoms with E-state index >= 15 is 0 Å². The Bertz CT molecular complexity index is 923. The molecular formula is C17H18FN5O3S. The molecule has 3 heterocycles. The first kappa shape index (κ1) is 17.8. The molecule has 8 nitrogen and oxygen atoms in total. The van der Waals surface area contributed by atoms with Gasteiger partial charge in [0, 0.05) is 32.0 Å². The van der Waals surface area contributed by atoms with E-state index in [0.717, 1.165) is 36.6 Å². The van der Waals surface area contributed by atoms with Gasteiger partial charge in [0.1, 0.15) is 24.3 Å². The number of aromatic nitrogens is 4. The summed E-state index contributed by atoms with van der Waals surface area (Å²) in [5, 5.41) is 22.4. The van der Waals surface area contributed by atoms with Gasteiger partial charge >= 0.3 is 0 Å². The number of hydrogen-bond acceptors (Lipinski definition) is 9. The Labute approximate surface area is 158 Å². The van der Waals surface area contributed by atoms with Gasteiger partial charge in [0.15, 0.2) is 5.01 Å². The Kier molecular flexibility index (Phi) is 4.99. The number of ether oxygens (including phenoxy) is 1. The van der Waals surface area contributed by atoms with Crippen LogP contribution in [0.5, 0.6) is 5.75 Å². The van der Waals surface area contributed by atoms with Crippen LogP contribution in [0, 0.1) is 12.7 Å². The summed E-state index contributed by atoms with van der Waals surface area (Å²) in [5.41, 5.74) is 0.926. The molecule has 27 heavy (non-hydrogen) atoms. The van der Waals surface area contributed by atoms with E-state index in [-0.39, 0.29) is 24.4 Å². The molecule has 1 aliphatic rings. The lowest BCUT2D eigenvalue weighted by atomic mass is 10.1. The lowest BCUT2D eigenvalue weighted by Crippen LogP contribution is -2.38. The van der Waals surface area contributed by atoms with Crippen LogP contribution in [0.25, 0.3) is 10.8 Å². The van der Waals surface area contributed by atoms with Gasteiger partial charge in [-0.1, -0.05) is 22.6 Å². The van der Waals surface area contributed by atoms with Crippen molar-refractivity contribution in [2.45, 2.75) is 32.5 Å². The lowest BCUT2D eigenvalue weighted by molar-refractivity contribution is 0.169. The highest BCUT2D eigenvalue weighted by atomic mass is 32.1. The van der Waals surface area contributed by atoms with E-state index in [1.54, 1.807) is 6.07 Å². The molecular weight excluding hydrogens is 373 g/mol. The van der Waals surface area contributed by atoms with E-state index in [4.69, 9.17) is 14.4 Å². The first-order valence-corrected chi connectivity index (χ1v) is 9.39. The first-order chi connectivity index (χ1) is 13.1. The average molecular weight is 391 g/mol. The van der Waals surface area contributed by atoms with Crippen molar-refractivity contribution in [3.05, 3.63) is 35.5 Å². The molecule has 0 radical (unpaired) electrons. The maximum atomic E-state index is 13.4. The predicted molar refractivity (Wildman–Crippen MR) is 96.1 cm³/mol. The van der Waals surface area contributed by atoms with E-state index in [1.807, 2.05) is 6.92 Å². The molecule has 1 fully saturated rings. The summed E-state index contributed by atoms with van der Waals surface area (Å²) in [7, 11) is 0. The zero-order chi connectivity index (χ0) is 18.8. The summed E-state index contributed by atoms with van der Waals surface area (Å²) in [6.07, 6.45) is 1.65. The molecule has 0 saturated carbocycles. The number of piperidine rings is 1. The van der Waals surface area contributed by atoms with Crippen molar-refractivity contribution in [3.63, 3.8) is 0 Å². The van der Waals surface area contributed by atoms with Gasteiger partial charge in [-0.3, -0.25) is 0 Å². The topological polar surface area (TPSA) is 97.4 Å². The molecule has 0 bridgehead atoms. The molecule has 10 heteroatoms. The number of halogens is 1. The molecule has 3 aromatic rings. The minimum Gasteiger partial charge on any atom is -0.490 e. The highest BCUT2D eigenvalue weighted by Gasteiger charge is 2.24. The summed E-state index contributed by atoms with van der Waals surface area (Å²) in [5.74, 6) is 0.777. The normalized spacial score (nSPS) is 15.3. The van der Waals surface area contributed by atoms with E-state index in [9.17, 15) is 4.39 Å². The van der Waals surface area contributed by atoms with Crippen LogP contribution in [-0.4, -0.2) is 44.6 Å². The van der Waals surface area contributed by atoms with Gasteiger partial charge < -0.3 is 19.3 Å². The SMILES string of the molecule is Cc1ccc(F)cc1OC1CCN(c2nnc(-c3noc(CO)n3)s2)CC1. The summed E-state index contributed by atoms with van der Waals surface area (Å²) >= 11 is 1.37. The molecule has 0 amide bonds. The summed E-state index contributed by atoms with van der Waals surface area (Å²) in [6.45, 7) is 3.13. The van der Waals surface area contributed by atoms with Crippen molar-refractivity contribution in [1.29, 1.82) is 0 Å². The summed E-state index contributed by atoms with van der Waals surface area (Å²) in [4.78, 5) is 6.17.